The molecule has 1 aliphatic carbocycles. The zero-order valence-electron chi connectivity index (χ0n) is 12.8. The van der Waals surface area contributed by atoms with Gasteiger partial charge < -0.3 is 15.2 Å². The number of hydrogen-bond acceptors (Lipinski definition) is 4. The number of carbonyl (C=O) groups excluding carboxylic acids is 1. The van der Waals surface area contributed by atoms with Crippen LogP contribution in [0, 0.1) is 5.41 Å². The van der Waals surface area contributed by atoms with E-state index < -0.39 is 11.4 Å². The summed E-state index contributed by atoms with van der Waals surface area (Å²) in [6.07, 6.45) is 5.60. The van der Waals surface area contributed by atoms with Crippen LogP contribution in [0.25, 0.3) is 0 Å². The Morgan fingerprint density at radius 3 is 2.73 bits per heavy atom. The zero-order chi connectivity index (χ0) is 16.0. The average molecular weight is 306 g/mol. The Morgan fingerprint density at radius 1 is 1.36 bits per heavy atom. The minimum atomic E-state index is -0.845. The summed E-state index contributed by atoms with van der Waals surface area (Å²) in [6.45, 7) is 2.37. The van der Waals surface area contributed by atoms with E-state index in [1.807, 2.05) is 6.92 Å². The van der Waals surface area contributed by atoms with E-state index in [9.17, 15) is 14.7 Å². The fraction of sp³-hybridized carbons (Fsp3) is 0.562. The lowest BCUT2D eigenvalue weighted by molar-refractivity contribution is -0.150. The molecule has 1 fully saturated rings. The predicted molar refractivity (Wildman–Crippen MR) is 80.9 cm³/mol. The lowest BCUT2D eigenvalue weighted by Gasteiger charge is -2.33. The molecule has 1 aromatic heterocycles. The van der Waals surface area contributed by atoms with Crippen LogP contribution >= 0.6 is 0 Å². The van der Waals surface area contributed by atoms with E-state index in [1.165, 1.54) is 0 Å². The van der Waals surface area contributed by atoms with Crippen molar-refractivity contribution < 1.29 is 19.4 Å². The Hall–Kier alpha value is -2.11. The summed E-state index contributed by atoms with van der Waals surface area (Å²) >= 11 is 0. The molecule has 2 N–H and O–H groups in total. The summed E-state index contributed by atoms with van der Waals surface area (Å²) in [6, 6.07) is 3.28. The van der Waals surface area contributed by atoms with Crippen LogP contribution in [0.5, 0.6) is 5.88 Å². The molecule has 1 aromatic rings. The molecule has 0 aliphatic heterocycles. The summed E-state index contributed by atoms with van der Waals surface area (Å²) in [4.78, 5) is 28.0. The van der Waals surface area contributed by atoms with Gasteiger partial charge in [-0.05, 0) is 31.9 Å². The second-order valence-corrected chi connectivity index (χ2v) is 5.62. The average Bonchev–Trinajstić information content (AvgIpc) is 2.54. The monoisotopic (exact) mass is 306 g/mol. The van der Waals surface area contributed by atoms with Crippen molar-refractivity contribution in [3.63, 3.8) is 0 Å². The van der Waals surface area contributed by atoms with E-state index in [0.29, 0.717) is 25.0 Å². The van der Waals surface area contributed by atoms with Crippen LogP contribution in [0.1, 0.15) is 49.4 Å². The molecule has 1 heterocycles. The van der Waals surface area contributed by atoms with Crippen LogP contribution in [0.4, 0.5) is 0 Å². The molecule has 1 amide bonds. The minimum Gasteiger partial charge on any atom is -0.481 e. The van der Waals surface area contributed by atoms with Gasteiger partial charge in [0.1, 0.15) is 5.56 Å². The van der Waals surface area contributed by atoms with Gasteiger partial charge >= 0.3 is 5.97 Å². The molecule has 1 aliphatic rings. The molecule has 2 rings (SSSR count). The maximum absolute atomic E-state index is 12.3. The number of carboxylic acids is 1. The van der Waals surface area contributed by atoms with Gasteiger partial charge in [0.05, 0.1) is 12.0 Å². The molecule has 22 heavy (non-hydrogen) atoms. The number of ether oxygens (including phenoxy) is 1. The zero-order valence-corrected chi connectivity index (χ0v) is 12.8. The van der Waals surface area contributed by atoms with Crippen molar-refractivity contribution in [1.29, 1.82) is 0 Å². The summed E-state index contributed by atoms with van der Waals surface area (Å²) in [7, 11) is 0. The molecular formula is C16H22N2O4. The van der Waals surface area contributed by atoms with Gasteiger partial charge in [-0.1, -0.05) is 19.3 Å². The number of carbonyl (C=O) groups is 2. The Labute approximate surface area is 129 Å². The summed E-state index contributed by atoms with van der Waals surface area (Å²) in [5.74, 6) is -0.901. The summed E-state index contributed by atoms with van der Waals surface area (Å²) in [5, 5.41) is 12.3. The number of aliphatic carboxylic acids is 1. The van der Waals surface area contributed by atoms with E-state index in [-0.39, 0.29) is 18.3 Å². The van der Waals surface area contributed by atoms with Crippen LogP contribution in [-0.4, -0.2) is 35.1 Å². The molecule has 0 unspecified atom stereocenters. The van der Waals surface area contributed by atoms with Crippen molar-refractivity contribution in [2.45, 2.75) is 39.0 Å². The lowest BCUT2D eigenvalue weighted by Crippen LogP contribution is -2.44. The molecule has 0 saturated heterocycles. The van der Waals surface area contributed by atoms with E-state index in [0.717, 1.165) is 19.3 Å². The number of nitrogens with zero attached hydrogens (tertiary/aromatic N) is 1. The van der Waals surface area contributed by atoms with Crippen molar-refractivity contribution in [2.75, 3.05) is 13.2 Å². The van der Waals surface area contributed by atoms with Crippen LogP contribution in [0.2, 0.25) is 0 Å². The van der Waals surface area contributed by atoms with Crippen molar-refractivity contribution in [1.82, 2.24) is 10.3 Å². The number of nitrogens with one attached hydrogen (secondary N) is 1. The van der Waals surface area contributed by atoms with Crippen molar-refractivity contribution in [3.05, 3.63) is 23.9 Å². The van der Waals surface area contributed by atoms with Crippen molar-refractivity contribution >= 4 is 11.9 Å². The number of carboxylic acid groups (broad SMARTS) is 1. The first-order valence-corrected chi connectivity index (χ1v) is 7.68. The van der Waals surface area contributed by atoms with Gasteiger partial charge in [0.25, 0.3) is 5.91 Å². The summed E-state index contributed by atoms with van der Waals surface area (Å²) < 4.78 is 5.33. The Kier molecular flexibility index (Phi) is 5.35. The molecule has 0 bridgehead atoms. The largest absolute Gasteiger partial charge is 0.481 e. The molecular weight excluding hydrogens is 284 g/mol. The number of rotatable bonds is 6. The predicted octanol–water partition coefficient (Wildman–Crippen LogP) is 2.25. The van der Waals surface area contributed by atoms with Gasteiger partial charge in [-0.3, -0.25) is 9.59 Å². The highest BCUT2D eigenvalue weighted by Crippen LogP contribution is 2.36. The smallest absolute Gasteiger partial charge is 0.311 e. The molecule has 0 radical (unpaired) electrons. The van der Waals surface area contributed by atoms with E-state index in [1.54, 1.807) is 18.3 Å². The third kappa shape index (κ3) is 3.55. The normalized spacial score (nSPS) is 16.8. The lowest BCUT2D eigenvalue weighted by atomic mass is 9.74. The van der Waals surface area contributed by atoms with Gasteiger partial charge in [0.2, 0.25) is 5.88 Å². The first kappa shape index (κ1) is 16.3. The number of amides is 1. The second kappa shape index (κ2) is 7.24. The van der Waals surface area contributed by atoms with Gasteiger partial charge in [-0.15, -0.1) is 0 Å². The fourth-order valence-electron chi connectivity index (χ4n) is 2.85. The molecule has 6 heteroatoms. The number of hydrogen-bond donors (Lipinski definition) is 2. The molecule has 120 valence electrons. The maximum Gasteiger partial charge on any atom is 0.311 e. The van der Waals surface area contributed by atoms with E-state index >= 15 is 0 Å². The fourth-order valence-corrected chi connectivity index (χ4v) is 2.85. The Bertz CT molecular complexity index is 539. The molecule has 0 spiro atoms. The molecule has 1 saturated carbocycles. The third-order valence-corrected chi connectivity index (χ3v) is 4.15. The van der Waals surface area contributed by atoms with Crippen LogP contribution < -0.4 is 10.1 Å². The van der Waals surface area contributed by atoms with Crippen LogP contribution in [0.15, 0.2) is 18.3 Å². The number of aromatic nitrogens is 1. The molecule has 0 atom stereocenters. The molecule has 6 nitrogen and oxygen atoms in total. The highest BCUT2D eigenvalue weighted by Gasteiger charge is 2.39. The first-order chi connectivity index (χ1) is 10.6. The Morgan fingerprint density at radius 2 is 2.09 bits per heavy atom. The van der Waals surface area contributed by atoms with Gasteiger partial charge in [0.15, 0.2) is 0 Å². The quantitative estimate of drug-likeness (QED) is 0.841. The Balaban J connectivity index is 2.07. The second-order valence-electron chi connectivity index (χ2n) is 5.62. The van der Waals surface area contributed by atoms with Crippen LogP contribution in [0.3, 0.4) is 0 Å². The van der Waals surface area contributed by atoms with Crippen molar-refractivity contribution in [3.8, 4) is 5.88 Å². The highest BCUT2D eigenvalue weighted by molar-refractivity contribution is 5.96. The van der Waals surface area contributed by atoms with E-state index in [4.69, 9.17) is 4.74 Å². The summed E-state index contributed by atoms with van der Waals surface area (Å²) in [5.41, 5.74) is -0.511. The van der Waals surface area contributed by atoms with Crippen molar-refractivity contribution in [2.24, 2.45) is 5.41 Å². The minimum absolute atomic E-state index is 0.141. The van der Waals surface area contributed by atoms with E-state index in [2.05, 4.69) is 10.3 Å². The third-order valence-electron chi connectivity index (χ3n) is 4.15. The van der Waals surface area contributed by atoms with Gasteiger partial charge in [-0.25, -0.2) is 4.98 Å². The SMILES string of the molecule is CCOc1ncccc1C(=O)NCC1(C(=O)O)CCCCC1. The topological polar surface area (TPSA) is 88.5 Å². The standard InChI is InChI=1S/C16H22N2O4/c1-2-22-14-12(7-6-10-17-14)13(19)18-11-16(15(20)21)8-4-3-5-9-16/h6-7,10H,2-5,8-9,11H2,1H3,(H,18,19)(H,20,21). The van der Waals surface area contributed by atoms with Gasteiger partial charge in [-0.2, -0.15) is 0 Å². The van der Waals surface area contributed by atoms with Crippen LogP contribution in [-0.2, 0) is 4.79 Å². The maximum atomic E-state index is 12.3. The highest BCUT2D eigenvalue weighted by atomic mass is 16.5. The van der Waals surface area contributed by atoms with Gasteiger partial charge in [0, 0.05) is 12.7 Å². The first-order valence-electron chi connectivity index (χ1n) is 7.68. The number of pyridine rings is 1. The molecule has 0 aromatic carbocycles.